The molecule has 1 fully saturated rings. The fourth-order valence-corrected chi connectivity index (χ4v) is 3.46. The van der Waals surface area contributed by atoms with Crippen LogP contribution in [0.15, 0.2) is 54.6 Å². The van der Waals surface area contributed by atoms with Gasteiger partial charge in [-0.05, 0) is 12.1 Å². The summed E-state index contributed by atoms with van der Waals surface area (Å²) in [6.45, 7) is 4.59. The zero-order valence-electron chi connectivity index (χ0n) is 15.6. The van der Waals surface area contributed by atoms with Crippen LogP contribution in [-0.4, -0.2) is 57.7 Å². The Balaban J connectivity index is 1.50. The van der Waals surface area contributed by atoms with Gasteiger partial charge in [0.15, 0.2) is 6.54 Å². The van der Waals surface area contributed by atoms with Gasteiger partial charge >= 0.3 is 0 Å². The highest BCUT2D eigenvalue weighted by atomic mass is 16.5. The molecule has 3 rings (SSSR count). The van der Waals surface area contributed by atoms with E-state index in [1.54, 1.807) is 7.11 Å². The molecule has 0 aliphatic carbocycles. The third kappa shape index (κ3) is 4.55. The van der Waals surface area contributed by atoms with Crippen molar-refractivity contribution in [3.8, 4) is 5.75 Å². The lowest BCUT2D eigenvalue weighted by molar-refractivity contribution is -0.885. The number of anilines is 1. The van der Waals surface area contributed by atoms with Crippen molar-refractivity contribution in [3.63, 3.8) is 0 Å². The van der Waals surface area contributed by atoms with Crippen molar-refractivity contribution in [3.05, 3.63) is 60.2 Å². The van der Waals surface area contributed by atoms with Crippen LogP contribution in [0, 0.1) is 0 Å². The smallest absolute Gasteiger partial charge is 0.277 e. The van der Waals surface area contributed by atoms with Crippen LogP contribution in [0.5, 0.6) is 5.75 Å². The van der Waals surface area contributed by atoms with Gasteiger partial charge in [-0.3, -0.25) is 4.79 Å². The lowest BCUT2D eigenvalue weighted by atomic mass is 10.2. The Bertz CT molecular complexity index is 712. The predicted molar refractivity (Wildman–Crippen MR) is 104 cm³/mol. The molecule has 0 radical (unpaired) electrons. The van der Waals surface area contributed by atoms with Crippen molar-refractivity contribution in [2.45, 2.75) is 6.54 Å². The van der Waals surface area contributed by atoms with Crippen molar-refractivity contribution in [2.75, 3.05) is 51.8 Å². The lowest BCUT2D eigenvalue weighted by Crippen LogP contribution is -3.09. The molecule has 1 N–H and O–H groups in total. The molecular weight excluding hydrogens is 326 g/mol. The SMILES string of the molecule is COc1ccccc1N1CCN(C(=O)C[NH+](C)Cc2ccccc2)CC1. The van der Waals surface area contributed by atoms with Gasteiger partial charge in [0.25, 0.3) is 5.91 Å². The number of ether oxygens (including phenoxy) is 1. The zero-order chi connectivity index (χ0) is 18.4. The summed E-state index contributed by atoms with van der Waals surface area (Å²) in [6, 6.07) is 18.4. The molecule has 1 heterocycles. The van der Waals surface area contributed by atoms with Crippen molar-refractivity contribution < 1.29 is 14.4 Å². The third-order valence-corrected chi connectivity index (χ3v) is 4.86. The van der Waals surface area contributed by atoms with Crippen LogP contribution in [0.2, 0.25) is 0 Å². The van der Waals surface area contributed by atoms with E-state index in [-0.39, 0.29) is 5.91 Å². The van der Waals surface area contributed by atoms with Crippen LogP contribution < -0.4 is 14.5 Å². The minimum atomic E-state index is 0.234. The topological polar surface area (TPSA) is 37.2 Å². The molecule has 0 spiro atoms. The minimum absolute atomic E-state index is 0.234. The number of para-hydroxylation sites is 2. The van der Waals surface area contributed by atoms with E-state index < -0.39 is 0 Å². The fourth-order valence-electron chi connectivity index (χ4n) is 3.46. The summed E-state index contributed by atoms with van der Waals surface area (Å²) in [5.74, 6) is 1.12. The van der Waals surface area contributed by atoms with E-state index in [0.717, 1.165) is 44.2 Å². The summed E-state index contributed by atoms with van der Waals surface area (Å²) >= 11 is 0. The number of hydrogen-bond acceptors (Lipinski definition) is 3. The van der Waals surface area contributed by atoms with E-state index in [1.807, 2.05) is 41.3 Å². The number of amides is 1. The highest BCUT2D eigenvalue weighted by Gasteiger charge is 2.24. The highest BCUT2D eigenvalue weighted by Crippen LogP contribution is 2.28. The number of rotatable bonds is 6. The van der Waals surface area contributed by atoms with Crippen LogP contribution in [0.4, 0.5) is 5.69 Å². The molecular formula is C21H28N3O2+. The zero-order valence-corrected chi connectivity index (χ0v) is 15.6. The van der Waals surface area contributed by atoms with E-state index in [4.69, 9.17) is 4.74 Å². The molecule has 1 aliphatic heterocycles. The van der Waals surface area contributed by atoms with E-state index in [2.05, 4.69) is 30.1 Å². The van der Waals surface area contributed by atoms with Gasteiger partial charge in [-0.2, -0.15) is 0 Å². The van der Waals surface area contributed by atoms with Gasteiger partial charge < -0.3 is 19.4 Å². The second-order valence-electron chi connectivity index (χ2n) is 6.84. The third-order valence-electron chi connectivity index (χ3n) is 4.86. The molecule has 2 aromatic carbocycles. The average Bonchev–Trinajstić information content (AvgIpc) is 2.68. The number of carbonyl (C=O) groups excluding carboxylic acids is 1. The Morgan fingerprint density at radius 1 is 1.00 bits per heavy atom. The maximum atomic E-state index is 12.6. The first-order chi connectivity index (χ1) is 12.7. The molecule has 138 valence electrons. The van der Waals surface area contributed by atoms with Gasteiger partial charge in [-0.15, -0.1) is 0 Å². The fraction of sp³-hybridized carbons (Fsp3) is 0.381. The first-order valence-electron chi connectivity index (χ1n) is 9.18. The number of carbonyl (C=O) groups is 1. The Kier molecular flexibility index (Phi) is 6.12. The van der Waals surface area contributed by atoms with E-state index in [9.17, 15) is 4.79 Å². The molecule has 0 saturated carbocycles. The molecule has 5 heteroatoms. The molecule has 1 aliphatic rings. The highest BCUT2D eigenvalue weighted by molar-refractivity contribution is 5.77. The first kappa shape index (κ1) is 18.3. The number of benzene rings is 2. The summed E-state index contributed by atoms with van der Waals surface area (Å²) < 4.78 is 5.46. The molecule has 26 heavy (non-hydrogen) atoms. The second-order valence-corrected chi connectivity index (χ2v) is 6.84. The summed E-state index contributed by atoms with van der Waals surface area (Å²) in [4.78, 5) is 18.1. The summed E-state index contributed by atoms with van der Waals surface area (Å²) in [5.41, 5.74) is 2.37. The van der Waals surface area contributed by atoms with Gasteiger partial charge in [0.1, 0.15) is 12.3 Å². The number of likely N-dealkylation sites (N-methyl/N-ethyl adjacent to an activating group) is 1. The Hall–Kier alpha value is -2.53. The largest absolute Gasteiger partial charge is 0.495 e. The molecule has 5 nitrogen and oxygen atoms in total. The number of nitrogens with one attached hydrogen (secondary N) is 1. The van der Waals surface area contributed by atoms with Crippen LogP contribution >= 0.6 is 0 Å². The average molecular weight is 354 g/mol. The van der Waals surface area contributed by atoms with Crippen LogP contribution in [0.1, 0.15) is 5.56 Å². The van der Waals surface area contributed by atoms with Crippen LogP contribution in [0.25, 0.3) is 0 Å². The van der Waals surface area contributed by atoms with Crippen LogP contribution in [0.3, 0.4) is 0 Å². The standard InChI is InChI=1S/C21H27N3O2/c1-22(16-18-8-4-3-5-9-18)17-21(25)24-14-12-23(13-15-24)19-10-6-7-11-20(19)26-2/h3-11H,12-17H2,1-2H3/p+1. The number of piperazine rings is 1. The van der Waals surface area contributed by atoms with Crippen molar-refractivity contribution in [1.29, 1.82) is 0 Å². The predicted octanol–water partition coefficient (Wildman–Crippen LogP) is 1.06. The first-order valence-corrected chi connectivity index (χ1v) is 9.18. The monoisotopic (exact) mass is 354 g/mol. The molecule has 0 bridgehead atoms. The molecule has 0 aromatic heterocycles. The molecule has 1 atom stereocenters. The lowest BCUT2D eigenvalue weighted by Gasteiger charge is -2.36. The van der Waals surface area contributed by atoms with Gasteiger partial charge in [-0.25, -0.2) is 0 Å². The van der Waals surface area contributed by atoms with Crippen molar-refractivity contribution in [2.24, 2.45) is 0 Å². The number of nitrogens with zero attached hydrogens (tertiary/aromatic N) is 2. The van der Waals surface area contributed by atoms with E-state index in [1.165, 1.54) is 10.5 Å². The molecule has 1 saturated heterocycles. The van der Waals surface area contributed by atoms with E-state index >= 15 is 0 Å². The van der Waals surface area contributed by atoms with E-state index in [0.29, 0.717) is 6.54 Å². The number of methoxy groups -OCH3 is 1. The molecule has 2 aromatic rings. The number of quaternary nitrogens is 1. The normalized spacial score (nSPS) is 15.6. The number of hydrogen-bond donors (Lipinski definition) is 1. The maximum absolute atomic E-state index is 12.6. The quantitative estimate of drug-likeness (QED) is 0.843. The Morgan fingerprint density at radius 2 is 1.65 bits per heavy atom. The summed E-state index contributed by atoms with van der Waals surface area (Å²) in [7, 11) is 3.78. The Morgan fingerprint density at radius 3 is 2.35 bits per heavy atom. The van der Waals surface area contributed by atoms with Crippen molar-refractivity contribution in [1.82, 2.24) is 4.90 Å². The van der Waals surface area contributed by atoms with Gasteiger partial charge in [0.05, 0.1) is 19.8 Å². The minimum Gasteiger partial charge on any atom is -0.495 e. The molecule has 1 unspecified atom stereocenters. The van der Waals surface area contributed by atoms with Gasteiger partial charge in [-0.1, -0.05) is 42.5 Å². The van der Waals surface area contributed by atoms with Crippen LogP contribution in [-0.2, 0) is 11.3 Å². The maximum Gasteiger partial charge on any atom is 0.277 e. The summed E-state index contributed by atoms with van der Waals surface area (Å²) in [5, 5.41) is 0. The second kappa shape index (κ2) is 8.72. The van der Waals surface area contributed by atoms with Gasteiger partial charge in [0.2, 0.25) is 0 Å². The van der Waals surface area contributed by atoms with Gasteiger partial charge in [0, 0.05) is 31.7 Å². The summed E-state index contributed by atoms with van der Waals surface area (Å²) in [6.07, 6.45) is 0. The molecule has 1 amide bonds. The van der Waals surface area contributed by atoms with Crippen molar-refractivity contribution >= 4 is 11.6 Å². The Labute approximate surface area is 155 Å².